The molecule has 1 fully saturated rings. The monoisotopic (exact) mass is 566 g/mol. The number of carbonyl (C=O) groups is 3. The van der Waals surface area contributed by atoms with Crippen LogP contribution < -0.4 is 10.3 Å². The summed E-state index contributed by atoms with van der Waals surface area (Å²) >= 11 is 1.69. The van der Waals surface area contributed by atoms with Gasteiger partial charge in [-0.2, -0.15) is 5.10 Å². The number of benzene rings is 2. The fraction of sp³-hybridized carbons (Fsp3) is 0.467. The van der Waals surface area contributed by atoms with Gasteiger partial charge in [-0.15, -0.1) is 11.8 Å². The third-order valence-electron chi connectivity index (χ3n) is 7.04. The van der Waals surface area contributed by atoms with Gasteiger partial charge in [0, 0.05) is 35.8 Å². The van der Waals surface area contributed by atoms with Gasteiger partial charge in [0.15, 0.2) is 5.71 Å². The van der Waals surface area contributed by atoms with Gasteiger partial charge in [-0.25, -0.2) is 15.0 Å². The van der Waals surface area contributed by atoms with E-state index in [4.69, 9.17) is 9.47 Å². The Hall–Kier alpha value is -3.37. The molecule has 1 saturated heterocycles. The highest BCUT2D eigenvalue weighted by molar-refractivity contribution is 7.99. The Labute approximate surface area is 240 Å². The van der Waals surface area contributed by atoms with Crippen LogP contribution in [0.15, 0.2) is 52.5 Å². The minimum absolute atomic E-state index is 0.180. The maximum Gasteiger partial charge on any atom is 0.337 e. The van der Waals surface area contributed by atoms with Crippen LogP contribution in [0, 0.1) is 0 Å². The number of nitrogens with zero attached hydrogens (tertiary/aromatic N) is 3. The molecular weight excluding hydrogens is 528 g/mol. The lowest BCUT2D eigenvalue weighted by atomic mass is 10.1. The van der Waals surface area contributed by atoms with Crippen molar-refractivity contribution < 1.29 is 23.9 Å². The van der Waals surface area contributed by atoms with Crippen LogP contribution in [-0.4, -0.2) is 74.2 Å². The molecule has 0 spiro atoms. The van der Waals surface area contributed by atoms with Crippen molar-refractivity contribution >= 4 is 41.1 Å². The van der Waals surface area contributed by atoms with E-state index < -0.39 is 0 Å². The number of carbonyl (C=O) groups excluding carboxylic acids is 3. The molecule has 0 aromatic heterocycles. The number of rotatable bonds is 12. The van der Waals surface area contributed by atoms with Crippen LogP contribution in [0.5, 0.6) is 0 Å². The summed E-state index contributed by atoms with van der Waals surface area (Å²) < 4.78 is 10.1. The number of methoxy groups -OCH3 is 1. The molecule has 0 radical (unpaired) electrons. The lowest BCUT2D eigenvalue weighted by Crippen LogP contribution is -2.45. The van der Waals surface area contributed by atoms with Crippen LogP contribution in [0.1, 0.15) is 60.5 Å². The first kappa shape index (κ1) is 29.6. The number of urea groups is 1. The number of nitrogens with one attached hydrogen (secondary N) is 1. The first-order chi connectivity index (χ1) is 19.5. The molecule has 40 heavy (non-hydrogen) atoms. The highest BCUT2D eigenvalue weighted by Crippen LogP contribution is 2.34. The van der Waals surface area contributed by atoms with Gasteiger partial charge in [0.2, 0.25) is 0 Å². The Balaban J connectivity index is 1.44. The minimum Gasteiger partial charge on any atom is -0.465 e. The molecule has 1 N–H and O–H groups in total. The van der Waals surface area contributed by atoms with Gasteiger partial charge in [0.05, 0.1) is 31.6 Å². The van der Waals surface area contributed by atoms with Crippen molar-refractivity contribution in [2.45, 2.75) is 50.3 Å². The number of fused-ring (bicyclic) bond motifs is 1. The molecule has 2 heterocycles. The second kappa shape index (κ2) is 14.9. The van der Waals surface area contributed by atoms with E-state index in [1.54, 1.807) is 33.7 Å². The van der Waals surface area contributed by atoms with Crippen LogP contribution in [0.25, 0.3) is 0 Å². The number of morpholine rings is 1. The number of hydrazone groups is 1. The standard InChI is InChI=1S/C30H38N4O5S/c1-3-4-5-6-7-15-34-26-13-12-24(40-20-14-22-8-10-23(11-9-22)29(36)38-2)21-25(26)27(28(34)35)31-32-30(37)33-16-18-39-19-17-33/h8-13,21H,3-7,14-20H2,1-2H3,(H,32,37). The van der Waals surface area contributed by atoms with Gasteiger partial charge in [-0.3, -0.25) is 4.79 Å². The third-order valence-corrected chi connectivity index (χ3v) is 8.04. The Morgan fingerprint density at radius 3 is 2.52 bits per heavy atom. The van der Waals surface area contributed by atoms with Gasteiger partial charge >= 0.3 is 12.0 Å². The fourth-order valence-electron chi connectivity index (χ4n) is 4.74. The van der Waals surface area contributed by atoms with E-state index in [-0.39, 0.29) is 23.6 Å². The van der Waals surface area contributed by atoms with Crippen molar-refractivity contribution in [2.75, 3.05) is 50.6 Å². The third kappa shape index (κ3) is 7.63. The summed E-state index contributed by atoms with van der Waals surface area (Å²) in [6, 6.07) is 13.1. The summed E-state index contributed by atoms with van der Waals surface area (Å²) in [4.78, 5) is 42.2. The maximum atomic E-state index is 13.4. The van der Waals surface area contributed by atoms with E-state index in [9.17, 15) is 14.4 Å². The molecule has 4 rings (SSSR count). The lowest BCUT2D eigenvalue weighted by molar-refractivity contribution is -0.112. The summed E-state index contributed by atoms with van der Waals surface area (Å²) in [6.45, 7) is 4.79. The lowest BCUT2D eigenvalue weighted by Gasteiger charge is -2.25. The van der Waals surface area contributed by atoms with Crippen LogP contribution in [-0.2, 0) is 20.7 Å². The smallest absolute Gasteiger partial charge is 0.337 e. The average Bonchev–Trinajstić information content (AvgIpc) is 3.25. The van der Waals surface area contributed by atoms with E-state index >= 15 is 0 Å². The summed E-state index contributed by atoms with van der Waals surface area (Å²) in [7, 11) is 1.37. The van der Waals surface area contributed by atoms with Crippen LogP contribution in [0.4, 0.5) is 10.5 Å². The summed E-state index contributed by atoms with van der Waals surface area (Å²) in [5.74, 6) is 0.300. The van der Waals surface area contributed by atoms with Gasteiger partial charge in [0.25, 0.3) is 5.91 Å². The number of amides is 3. The average molecular weight is 567 g/mol. The molecule has 0 saturated carbocycles. The molecular formula is C30H38N4O5S. The zero-order valence-corrected chi connectivity index (χ0v) is 24.1. The Morgan fingerprint density at radius 2 is 1.80 bits per heavy atom. The Bertz CT molecular complexity index is 1210. The quantitative estimate of drug-likeness (QED) is 0.170. The molecule has 2 aromatic rings. The number of aryl methyl sites for hydroxylation is 1. The number of unbranched alkanes of at least 4 members (excludes halogenated alkanes) is 4. The second-order valence-corrected chi connectivity index (χ2v) is 11.0. The number of hydrogen-bond donors (Lipinski definition) is 1. The number of hydrogen-bond acceptors (Lipinski definition) is 7. The van der Waals surface area contributed by atoms with E-state index in [1.165, 1.54) is 20.0 Å². The van der Waals surface area contributed by atoms with Crippen molar-refractivity contribution in [1.29, 1.82) is 0 Å². The van der Waals surface area contributed by atoms with Crippen molar-refractivity contribution in [3.63, 3.8) is 0 Å². The van der Waals surface area contributed by atoms with Crippen molar-refractivity contribution in [2.24, 2.45) is 5.10 Å². The molecule has 214 valence electrons. The first-order valence-electron chi connectivity index (χ1n) is 14.0. The van der Waals surface area contributed by atoms with Gasteiger partial charge < -0.3 is 19.3 Å². The fourth-order valence-corrected chi connectivity index (χ4v) is 5.68. The molecule has 10 heteroatoms. The zero-order chi connectivity index (χ0) is 28.3. The molecule has 2 aliphatic heterocycles. The predicted molar refractivity (Wildman–Crippen MR) is 157 cm³/mol. The van der Waals surface area contributed by atoms with Gasteiger partial charge in [-0.1, -0.05) is 44.7 Å². The number of thioether (sulfide) groups is 1. The van der Waals surface area contributed by atoms with Crippen LogP contribution in [0.2, 0.25) is 0 Å². The number of esters is 1. The molecule has 0 aliphatic carbocycles. The van der Waals surface area contributed by atoms with Crippen molar-refractivity contribution in [1.82, 2.24) is 10.3 Å². The number of anilines is 1. The van der Waals surface area contributed by atoms with Crippen molar-refractivity contribution in [3.05, 3.63) is 59.2 Å². The molecule has 0 unspecified atom stereocenters. The largest absolute Gasteiger partial charge is 0.465 e. The summed E-state index contributed by atoms with van der Waals surface area (Å²) in [6.07, 6.45) is 6.34. The summed E-state index contributed by atoms with van der Waals surface area (Å²) in [5, 5.41) is 4.32. The highest BCUT2D eigenvalue weighted by Gasteiger charge is 2.34. The molecule has 0 atom stereocenters. The number of ether oxygens (including phenoxy) is 2. The Morgan fingerprint density at radius 1 is 1.05 bits per heavy atom. The van der Waals surface area contributed by atoms with Gasteiger partial charge in [-0.05, 0) is 48.7 Å². The van der Waals surface area contributed by atoms with E-state index in [1.807, 2.05) is 30.3 Å². The normalized spacial score (nSPS) is 15.8. The zero-order valence-electron chi connectivity index (χ0n) is 23.3. The second-order valence-electron chi connectivity index (χ2n) is 9.81. The van der Waals surface area contributed by atoms with Gasteiger partial charge in [0.1, 0.15) is 0 Å². The van der Waals surface area contributed by atoms with E-state index in [2.05, 4.69) is 17.5 Å². The Kier molecular flexibility index (Phi) is 11.0. The van der Waals surface area contributed by atoms with Crippen LogP contribution >= 0.6 is 11.8 Å². The molecule has 3 amide bonds. The highest BCUT2D eigenvalue weighted by atomic mass is 32.2. The first-order valence-corrected chi connectivity index (χ1v) is 15.0. The van der Waals surface area contributed by atoms with E-state index in [0.717, 1.165) is 53.1 Å². The molecule has 0 bridgehead atoms. The van der Waals surface area contributed by atoms with Crippen LogP contribution in [0.3, 0.4) is 0 Å². The van der Waals surface area contributed by atoms with Crippen molar-refractivity contribution in [3.8, 4) is 0 Å². The maximum absolute atomic E-state index is 13.4. The minimum atomic E-state index is -0.345. The SMILES string of the molecule is CCCCCCCN1C(=O)C(=NNC(=O)N2CCOCC2)c2cc(SCCc3ccc(C(=O)OC)cc3)ccc21. The topological polar surface area (TPSA) is 101 Å². The predicted octanol–water partition coefficient (Wildman–Crippen LogP) is 4.87. The molecule has 2 aromatic carbocycles. The molecule has 9 nitrogen and oxygen atoms in total. The summed E-state index contributed by atoms with van der Waals surface area (Å²) in [5.41, 5.74) is 6.11. The molecule has 2 aliphatic rings. The van der Waals surface area contributed by atoms with E-state index in [0.29, 0.717) is 38.4 Å².